The molecule has 0 radical (unpaired) electrons. The molecule has 2 fully saturated rings. The van der Waals surface area contributed by atoms with Crippen LogP contribution in [0.25, 0.3) is 0 Å². The molecule has 1 amide bonds. The zero-order valence-electron chi connectivity index (χ0n) is 16.7. The van der Waals surface area contributed by atoms with E-state index in [4.69, 9.17) is 0 Å². The average molecular weight is 359 g/mol. The van der Waals surface area contributed by atoms with Crippen LogP contribution >= 0.6 is 0 Å². The number of likely N-dealkylation sites (N-methyl/N-ethyl adjacent to an activating group) is 1. The lowest BCUT2D eigenvalue weighted by Gasteiger charge is -2.38. The highest BCUT2D eigenvalue weighted by Gasteiger charge is 2.25. The number of carbonyl (C=O) groups excluding carboxylic acids is 1. The normalized spacial score (nSPS) is 19.3. The van der Waals surface area contributed by atoms with Crippen molar-refractivity contribution < 1.29 is 4.79 Å². The third-order valence-electron chi connectivity index (χ3n) is 6.01. The summed E-state index contributed by atoms with van der Waals surface area (Å²) in [5.41, 5.74) is 2.60. The molecule has 0 spiro atoms. The molecule has 5 heteroatoms. The van der Waals surface area contributed by atoms with Crippen LogP contribution in [0.3, 0.4) is 0 Å². The molecule has 0 aliphatic carbocycles. The zero-order valence-corrected chi connectivity index (χ0v) is 16.7. The molecule has 1 aromatic carbocycles. The first-order valence-corrected chi connectivity index (χ1v) is 10.2. The van der Waals surface area contributed by atoms with E-state index in [9.17, 15) is 4.79 Å². The first-order valence-electron chi connectivity index (χ1n) is 10.2. The number of anilines is 2. The van der Waals surface area contributed by atoms with E-state index in [0.717, 1.165) is 65.2 Å². The Kier molecular flexibility index (Phi) is 6.41. The largest absolute Gasteiger partial charge is 0.369 e. The highest BCUT2D eigenvalue weighted by Crippen LogP contribution is 2.23. The molecule has 26 heavy (non-hydrogen) atoms. The Hall–Kier alpha value is -1.75. The summed E-state index contributed by atoms with van der Waals surface area (Å²) in [5, 5.41) is 0. The second kappa shape index (κ2) is 8.76. The fourth-order valence-electron chi connectivity index (χ4n) is 4.02. The Morgan fingerprint density at radius 2 is 1.23 bits per heavy atom. The smallest absolute Gasteiger partial charge is 0.225 e. The van der Waals surface area contributed by atoms with Gasteiger partial charge in [0.2, 0.25) is 5.91 Å². The first-order chi connectivity index (χ1) is 12.6. The topological polar surface area (TPSA) is 30.0 Å². The monoisotopic (exact) mass is 358 g/mol. The molecule has 144 valence electrons. The summed E-state index contributed by atoms with van der Waals surface area (Å²) in [6.45, 7) is 12.3. The molecule has 2 aliphatic heterocycles. The Morgan fingerprint density at radius 3 is 1.65 bits per heavy atom. The molecule has 5 nitrogen and oxygen atoms in total. The van der Waals surface area contributed by atoms with Crippen LogP contribution in [0.2, 0.25) is 0 Å². The molecule has 0 bridgehead atoms. The predicted octanol–water partition coefficient (Wildman–Crippen LogP) is 2.52. The van der Waals surface area contributed by atoms with Gasteiger partial charge in [-0.25, -0.2) is 0 Å². The van der Waals surface area contributed by atoms with E-state index in [0.29, 0.717) is 5.91 Å². The van der Waals surface area contributed by atoms with Crippen LogP contribution in [0.15, 0.2) is 24.3 Å². The summed E-state index contributed by atoms with van der Waals surface area (Å²) in [6.07, 6.45) is 1.90. The maximum Gasteiger partial charge on any atom is 0.225 e. The van der Waals surface area contributed by atoms with Crippen LogP contribution in [0.4, 0.5) is 11.4 Å². The van der Waals surface area contributed by atoms with Crippen molar-refractivity contribution in [1.82, 2.24) is 9.80 Å². The lowest BCUT2D eigenvalue weighted by molar-refractivity contribution is -0.136. The van der Waals surface area contributed by atoms with E-state index in [1.807, 2.05) is 0 Å². The van der Waals surface area contributed by atoms with Gasteiger partial charge in [0.05, 0.1) is 0 Å². The van der Waals surface area contributed by atoms with Gasteiger partial charge in [0.1, 0.15) is 0 Å². The van der Waals surface area contributed by atoms with Crippen LogP contribution in [-0.2, 0) is 4.79 Å². The van der Waals surface area contributed by atoms with Crippen molar-refractivity contribution >= 4 is 17.3 Å². The Bertz CT molecular complexity index is 568. The minimum Gasteiger partial charge on any atom is -0.369 e. The van der Waals surface area contributed by atoms with Crippen LogP contribution in [0.1, 0.15) is 26.7 Å². The third kappa shape index (κ3) is 4.32. The van der Waals surface area contributed by atoms with Gasteiger partial charge in [-0.1, -0.05) is 13.8 Å². The lowest BCUT2D eigenvalue weighted by atomic mass is 10.0. The fourth-order valence-corrected chi connectivity index (χ4v) is 4.02. The second-order valence-electron chi connectivity index (χ2n) is 7.63. The van der Waals surface area contributed by atoms with Gasteiger partial charge in [-0.15, -0.1) is 0 Å². The highest BCUT2D eigenvalue weighted by molar-refractivity contribution is 5.79. The fraction of sp³-hybridized carbons (Fsp3) is 0.667. The Morgan fingerprint density at radius 1 is 0.808 bits per heavy atom. The van der Waals surface area contributed by atoms with Gasteiger partial charge in [0.25, 0.3) is 0 Å². The summed E-state index contributed by atoms with van der Waals surface area (Å²) in [5.74, 6) is 0.546. The number of nitrogens with zero attached hydrogens (tertiary/aromatic N) is 4. The van der Waals surface area contributed by atoms with Gasteiger partial charge >= 0.3 is 0 Å². The Labute approximate surface area is 158 Å². The number of piperazine rings is 2. The standard InChI is InChI=1S/C21H34N4O/c1-4-18(5-2)21(26)25-16-14-24(15-17-25)20-8-6-19(7-9-20)23-12-10-22(3)11-13-23/h6-9,18H,4-5,10-17H2,1-3H3. The van der Waals surface area contributed by atoms with Gasteiger partial charge < -0.3 is 19.6 Å². The molecule has 0 unspecified atom stereocenters. The molecule has 1 aromatic rings. The number of rotatable bonds is 5. The van der Waals surface area contributed by atoms with Crippen molar-refractivity contribution in [3.63, 3.8) is 0 Å². The van der Waals surface area contributed by atoms with Crippen molar-refractivity contribution in [3.8, 4) is 0 Å². The predicted molar refractivity (Wildman–Crippen MR) is 109 cm³/mol. The quantitative estimate of drug-likeness (QED) is 0.809. The maximum atomic E-state index is 12.5. The number of benzene rings is 1. The van der Waals surface area contributed by atoms with Gasteiger partial charge in [-0.3, -0.25) is 4.79 Å². The average Bonchev–Trinajstić information content (AvgIpc) is 2.70. The van der Waals surface area contributed by atoms with Crippen molar-refractivity contribution in [1.29, 1.82) is 0 Å². The van der Waals surface area contributed by atoms with E-state index in [2.05, 4.69) is 64.8 Å². The molecular weight excluding hydrogens is 324 g/mol. The zero-order chi connectivity index (χ0) is 18.5. The Balaban J connectivity index is 1.54. The highest BCUT2D eigenvalue weighted by atomic mass is 16.2. The van der Waals surface area contributed by atoms with Crippen LogP contribution in [0, 0.1) is 5.92 Å². The SMILES string of the molecule is CCC(CC)C(=O)N1CCN(c2ccc(N3CCN(C)CC3)cc2)CC1. The minimum atomic E-state index is 0.199. The molecular formula is C21H34N4O. The molecule has 0 saturated carbocycles. The molecule has 0 aromatic heterocycles. The van der Waals surface area contributed by atoms with E-state index >= 15 is 0 Å². The number of amides is 1. The molecule has 2 saturated heterocycles. The van der Waals surface area contributed by atoms with Gasteiger partial charge in [0.15, 0.2) is 0 Å². The molecule has 0 atom stereocenters. The van der Waals surface area contributed by atoms with Crippen LogP contribution in [-0.4, -0.2) is 75.1 Å². The van der Waals surface area contributed by atoms with Gasteiger partial charge in [-0.05, 0) is 44.2 Å². The minimum absolute atomic E-state index is 0.199. The number of hydrogen-bond donors (Lipinski definition) is 0. The van der Waals surface area contributed by atoms with Crippen LogP contribution < -0.4 is 9.80 Å². The van der Waals surface area contributed by atoms with Crippen LogP contribution in [0.5, 0.6) is 0 Å². The summed E-state index contributed by atoms with van der Waals surface area (Å²) in [4.78, 5) is 21.9. The van der Waals surface area contributed by atoms with Crippen molar-refractivity contribution in [2.45, 2.75) is 26.7 Å². The third-order valence-corrected chi connectivity index (χ3v) is 6.01. The lowest BCUT2D eigenvalue weighted by Crippen LogP contribution is -2.50. The number of hydrogen-bond acceptors (Lipinski definition) is 4. The van der Waals surface area contributed by atoms with E-state index in [-0.39, 0.29) is 5.92 Å². The van der Waals surface area contributed by atoms with E-state index in [1.165, 1.54) is 11.4 Å². The van der Waals surface area contributed by atoms with Gasteiger partial charge in [-0.2, -0.15) is 0 Å². The van der Waals surface area contributed by atoms with Gasteiger partial charge in [0, 0.05) is 69.7 Å². The summed E-state index contributed by atoms with van der Waals surface area (Å²) in [6, 6.07) is 8.99. The van der Waals surface area contributed by atoms with E-state index in [1.54, 1.807) is 0 Å². The van der Waals surface area contributed by atoms with Crippen molar-refractivity contribution in [3.05, 3.63) is 24.3 Å². The number of carbonyl (C=O) groups is 1. The molecule has 3 rings (SSSR count). The second-order valence-corrected chi connectivity index (χ2v) is 7.63. The van der Waals surface area contributed by atoms with E-state index < -0.39 is 0 Å². The summed E-state index contributed by atoms with van der Waals surface area (Å²) in [7, 11) is 2.19. The maximum absolute atomic E-state index is 12.5. The summed E-state index contributed by atoms with van der Waals surface area (Å²) < 4.78 is 0. The summed E-state index contributed by atoms with van der Waals surface area (Å²) >= 11 is 0. The molecule has 2 heterocycles. The first kappa shape index (κ1) is 19.0. The van der Waals surface area contributed by atoms with Crippen molar-refractivity contribution in [2.75, 3.05) is 69.2 Å². The molecule has 2 aliphatic rings. The molecule has 0 N–H and O–H groups in total. The van der Waals surface area contributed by atoms with Crippen molar-refractivity contribution in [2.24, 2.45) is 5.92 Å².